The predicted molar refractivity (Wildman–Crippen MR) is 173 cm³/mol. The van der Waals surface area contributed by atoms with Crippen LogP contribution in [-0.4, -0.2) is 35.5 Å². The minimum atomic E-state index is 0.586. The van der Waals surface area contributed by atoms with E-state index in [0.29, 0.717) is 25.2 Å². The van der Waals surface area contributed by atoms with Gasteiger partial charge in [0.15, 0.2) is 0 Å². The number of benzene rings is 4. The van der Waals surface area contributed by atoms with Crippen molar-refractivity contribution >= 4 is 0 Å². The molecule has 1 heterocycles. The van der Waals surface area contributed by atoms with Crippen LogP contribution in [0.25, 0.3) is 0 Å². The molecule has 4 heteroatoms. The van der Waals surface area contributed by atoms with Crippen molar-refractivity contribution in [1.82, 2.24) is 9.80 Å². The molecular weight excluding hydrogens is 516 g/mol. The van der Waals surface area contributed by atoms with E-state index in [-0.39, 0.29) is 0 Å². The summed E-state index contributed by atoms with van der Waals surface area (Å²) in [6.07, 6.45) is 3.59. The second kappa shape index (κ2) is 15.6. The van der Waals surface area contributed by atoms with Crippen molar-refractivity contribution in [3.8, 4) is 11.5 Å². The van der Waals surface area contributed by atoms with E-state index >= 15 is 0 Å². The van der Waals surface area contributed by atoms with Crippen LogP contribution in [0.5, 0.6) is 11.5 Å². The highest BCUT2D eigenvalue weighted by atomic mass is 16.5. The van der Waals surface area contributed by atoms with Gasteiger partial charge in [-0.15, -0.1) is 0 Å². The van der Waals surface area contributed by atoms with E-state index in [4.69, 9.17) is 9.47 Å². The Morgan fingerprint density at radius 1 is 0.714 bits per heavy atom. The average molecular weight is 563 g/mol. The summed E-state index contributed by atoms with van der Waals surface area (Å²) in [6.45, 7) is 11.1. The lowest BCUT2D eigenvalue weighted by molar-refractivity contribution is 0.0940. The third-order valence-corrected chi connectivity index (χ3v) is 8.20. The highest BCUT2D eigenvalue weighted by molar-refractivity contribution is 5.34. The summed E-state index contributed by atoms with van der Waals surface area (Å²) < 4.78 is 12.4. The molecule has 42 heavy (non-hydrogen) atoms. The molecule has 0 atom stereocenters. The van der Waals surface area contributed by atoms with E-state index in [1.807, 2.05) is 12.1 Å². The van der Waals surface area contributed by atoms with Crippen molar-refractivity contribution in [1.29, 1.82) is 0 Å². The summed E-state index contributed by atoms with van der Waals surface area (Å²) >= 11 is 0. The zero-order valence-corrected chi connectivity index (χ0v) is 25.3. The summed E-state index contributed by atoms with van der Waals surface area (Å²) in [5.74, 6) is 2.63. The number of para-hydroxylation sites is 1. The Hall–Kier alpha value is -3.60. The van der Waals surface area contributed by atoms with E-state index in [9.17, 15) is 0 Å². The number of hydrogen-bond donors (Lipinski definition) is 0. The van der Waals surface area contributed by atoms with Gasteiger partial charge in [-0.3, -0.25) is 9.80 Å². The molecule has 1 aliphatic rings. The third-order valence-electron chi connectivity index (χ3n) is 8.20. The second-order valence-corrected chi connectivity index (χ2v) is 12.0. The maximum absolute atomic E-state index is 6.33. The van der Waals surface area contributed by atoms with E-state index < -0.39 is 0 Å². The molecule has 0 spiro atoms. The van der Waals surface area contributed by atoms with Crippen molar-refractivity contribution < 1.29 is 9.47 Å². The Bertz CT molecular complexity index is 1330. The molecule has 0 saturated carbocycles. The zero-order valence-electron chi connectivity index (χ0n) is 25.3. The number of rotatable bonds is 14. The molecule has 4 nitrogen and oxygen atoms in total. The molecule has 1 aliphatic heterocycles. The maximum atomic E-state index is 6.33. The monoisotopic (exact) mass is 562 g/mol. The first-order valence-corrected chi connectivity index (χ1v) is 15.6. The van der Waals surface area contributed by atoms with Crippen LogP contribution < -0.4 is 9.47 Å². The highest BCUT2D eigenvalue weighted by Gasteiger charge is 2.25. The van der Waals surface area contributed by atoms with Crippen LogP contribution in [0, 0.1) is 5.92 Å². The molecule has 0 radical (unpaired) electrons. The lowest BCUT2D eigenvalue weighted by Gasteiger charge is -2.39. The van der Waals surface area contributed by atoms with Gasteiger partial charge < -0.3 is 9.47 Å². The lowest BCUT2D eigenvalue weighted by atomic mass is 10.00. The summed E-state index contributed by atoms with van der Waals surface area (Å²) in [7, 11) is 0. The van der Waals surface area contributed by atoms with E-state index in [1.165, 1.54) is 41.5 Å². The first kappa shape index (κ1) is 29.9. The van der Waals surface area contributed by atoms with Gasteiger partial charge in [-0.05, 0) is 79.7 Å². The number of nitrogens with zero attached hydrogens (tertiary/aromatic N) is 2. The van der Waals surface area contributed by atoms with Gasteiger partial charge >= 0.3 is 0 Å². The fourth-order valence-electron chi connectivity index (χ4n) is 5.72. The normalized spacial score (nSPS) is 14.4. The molecule has 5 rings (SSSR count). The minimum absolute atomic E-state index is 0.586. The van der Waals surface area contributed by atoms with E-state index in [2.05, 4.69) is 121 Å². The first-order valence-electron chi connectivity index (χ1n) is 15.6. The van der Waals surface area contributed by atoms with Crippen molar-refractivity contribution in [2.24, 2.45) is 5.92 Å². The molecule has 0 amide bonds. The standard InChI is InChI=1S/C38H46N2O2/c1-31(2)20-25-40(28-35-17-9-10-19-38(35)42-30-33-14-7-4-8-15-33)36-21-23-39(24-22-36)27-34-16-11-18-37(26-34)41-29-32-12-5-3-6-13-32/h3-19,26,31,36H,20-25,27-30H2,1-2H3. The maximum Gasteiger partial charge on any atom is 0.124 e. The van der Waals surface area contributed by atoms with Crippen molar-refractivity contribution in [2.75, 3.05) is 19.6 Å². The highest BCUT2D eigenvalue weighted by Crippen LogP contribution is 2.27. The number of piperidine rings is 1. The molecule has 4 aromatic carbocycles. The van der Waals surface area contributed by atoms with Gasteiger partial charge in [-0.2, -0.15) is 0 Å². The summed E-state index contributed by atoms with van der Waals surface area (Å²) in [5, 5.41) is 0. The Kier molecular flexibility index (Phi) is 11.1. The second-order valence-electron chi connectivity index (χ2n) is 12.0. The fraction of sp³-hybridized carbons (Fsp3) is 0.368. The third kappa shape index (κ3) is 9.20. The lowest BCUT2D eigenvalue weighted by Crippen LogP contribution is -2.45. The molecule has 4 aromatic rings. The average Bonchev–Trinajstić information content (AvgIpc) is 3.03. The van der Waals surface area contributed by atoms with E-state index in [1.54, 1.807) is 0 Å². The molecule has 0 aliphatic carbocycles. The zero-order chi connectivity index (χ0) is 29.0. The van der Waals surface area contributed by atoms with Crippen molar-refractivity contribution in [3.63, 3.8) is 0 Å². The molecular formula is C38H46N2O2. The Labute approximate surface area is 252 Å². The summed E-state index contributed by atoms with van der Waals surface area (Å²) in [5.41, 5.74) is 4.99. The largest absolute Gasteiger partial charge is 0.489 e. The molecule has 1 fully saturated rings. The van der Waals surface area contributed by atoms with Crippen LogP contribution in [0.15, 0.2) is 109 Å². The Balaban J connectivity index is 1.16. The van der Waals surface area contributed by atoms with Crippen molar-refractivity contribution in [3.05, 3.63) is 131 Å². The van der Waals surface area contributed by atoms with Crippen LogP contribution >= 0.6 is 0 Å². The van der Waals surface area contributed by atoms with E-state index in [0.717, 1.165) is 44.2 Å². The molecule has 0 aromatic heterocycles. The quantitative estimate of drug-likeness (QED) is 0.154. The molecule has 1 saturated heterocycles. The van der Waals surface area contributed by atoms with Gasteiger partial charge in [0.05, 0.1) is 0 Å². The van der Waals surface area contributed by atoms with Crippen LogP contribution in [0.3, 0.4) is 0 Å². The van der Waals surface area contributed by atoms with Crippen LogP contribution in [-0.2, 0) is 26.3 Å². The smallest absolute Gasteiger partial charge is 0.124 e. The van der Waals surface area contributed by atoms with Gasteiger partial charge in [0.2, 0.25) is 0 Å². The van der Waals surface area contributed by atoms with Gasteiger partial charge in [0.25, 0.3) is 0 Å². The first-order chi connectivity index (χ1) is 20.6. The van der Waals surface area contributed by atoms with Gasteiger partial charge in [-0.25, -0.2) is 0 Å². The van der Waals surface area contributed by atoms with Crippen molar-refractivity contribution in [2.45, 2.75) is 65.5 Å². The fourth-order valence-corrected chi connectivity index (χ4v) is 5.72. The number of hydrogen-bond acceptors (Lipinski definition) is 4. The topological polar surface area (TPSA) is 24.9 Å². The van der Waals surface area contributed by atoms with Gasteiger partial charge in [-0.1, -0.05) is 105 Å². The SMILES string of the molecule is CC(C)CCN(Cc1ccccc1OCc1ccccc1)C1CCN(Cc2cccc(OCc3ccccc3)c2)CC1. The van der Waals surface area contributed by atoms with Crippen LogP contribution in [0.2, 0.25) is 0 Å². The Morgan fingerprint density at radius 2 is 1.33 bits per heavy atom. The minimum Gasteiger partial charge on any atom is -0.489 e. The Morgan fingerprint density at radius 3 is 2.02 bits per heavy atom. The summed E-state index contributed by atoms with van der Waals surface area (Å²) in [6, 6.07) is 38.6. The molecule has 0 bridgehead atoms. The molecule has 0 N–H and O–H groups in total. The van der Waals surface area contributed by atoms with Crippen LogP contribution in [0.4, 0.5) is 0 Å². The van der Waals surface area contributed by atoms with Gasteiger partial charge in [0.1, 0.15) is 24.7 Å². The summed E-state index contributed by atoms with van der Waals surface area (Å²) in [4.78, 5) is 5.32. The van der Waals surface area contributed by atoms with Gasteiger partial charge in [0, 0.05) is 24.7 Å². The number of ether oxygens (including phenoxy) is 2. The number of likely N-dealkylation sites (tertiary alicyclic amines) is 1. The van der Waals surface area contributed by atoms with Crippen LogP contribution in [0.1, 0.15) is 55.4 Å². The predicted octanol–water partition coefficient (Wildman–Crippen LogP) is 8.36. The molecule has 0 unspecified atom stereocenters. The molecule has 220 valence electrons.